The lowest BCUT2D eigenvalue weighted by Gasteiger charge is -2.17. The van der Waals surface area contributed by atoms with Crippen molar-refractivity contribution in [1.29, 1.82) is 0 Å². The molecule has 0 N–H and O–H groups in total. The first-order chi connectivity index (χ1) is 11.6. The van der Waals surface area contributed by atoms with Crippen LogP contribution in [0.5, 0.6) is 5.75 Å². The number of carbonyl (C=O) groups is 1. The zero-order valence-electron chi connectivity index (χ0n) is 12.7. The quantitative estimate of drug-likeness (QED) is 0.440. The molecule has 0 fully saturated rings. The van der Waals surface area contributed by atoms with Crippen LogP contribution < -0.4 is 4.74 Å². The lowest BCUT2D eigenvalue weighted by atomic mass is 9.91. The van der Waals surface area contributed by atoms with Gasteiger partial charge >= 0.3 is 5.97 Å². The smallest absolute Gasteiger partial charge is 0.323 e. The van der Waals surface area contributed by atoms with Crippen LogP contribution in [0, 0.1) is 0 Å². The van der Waals surface area contributed by atoms with Gasteiger partial charge in [-0.3, -0.25) is 4.79 Å². The molecule has 3 aromatic carbocycles. The summed E-state index contributed by atoms with van der Waals surface area (Å²) in [5, 5.41) is 0.790. The van der Waals surface area contributed by atoms with Gasteiger partial charge in [0.1, 0.15) is 11.7 Å². The molecule has 4 heteroatoms. The predicted molar refractivity (Wildman–Crippen MR) is 96.8 cm³/mol. The van der Waals surface area contributed by atoms with E-state index in [4.69, 9.17) is 27.9 Å². The van der Waals surface area contributed by atoms with Crippen LogP contribution >= 0.6 is 23.2 Å². The molecular formula is C20H14Cl2O2. The maximum atomic E-state index is 12.8. The number of carbonyl (C=O) groups excluding carboxylic acids is 1. The third kappa shape index (κ3) is 3.78. The van der Waals surface area contributed by atoms with Gasteiger partial charge in [-0.1, -0.05) is 83.9 Å². The number of hydrogen-bond donors (Lipinski definition) is 0. The van der Waals surface area contributed by atoms with Gasteiger partial charge in [0, 0.05) is 5.02 Å². The molecule has 0 aliphatic carbocycles. The van der Waals surface area contributed by atoms with E-state index in [0.29, 0.717) is 15.8 Å². The van der Waals surface area contributed by atoms with Crippen molar-refractivity contribution in [3.8, 4) is 5.75 Å². The lowest BCUT2D eigenvalue weighted by molar-refractivity contribution is -0.135. The monoisotopic (exact) mass is 356 g/mol. The molecule has 0 amide bonds. The number of hydrogen-bond acceptors (Lipinski definition) is 2. The Morgan fingerprint density at radius 1 is 0.792 bits per heavy atom. The summed E-state index contributed by atoms with van der Waals surface area (Å²) >= 11 is 12.0. The number of halogens is 2. The van der Waals surface area contributed by atoms with Gasteiger partial charge in [-0.2, -0.15) is 0 Å². The van der Waals surface area contributed by atoms with Gasteiger partial charge in [0.2, 0.25) is 0 Å². The normalized spacial score (nSPS) is 10.6. The van der Waals surface area contributed by atoms with Crippen molar-refractivity contribution in [3.05, 3.63) is 100 Å². The van der Waals surface area contributed by atoms with Crippen LogP contribution in [0.2, 0.25) is 10.0 Å². The van der Waals surface area contributed by atoms with Crippen LogP contribution in [0.15, 0.2) is 78.9 Å². The molecule has 3 rings (SSSR count). The highest BCUT2D eigenvalue weighted by molar-refractivity contribution is 6.35. The molecule has 0 radical (unpaired) electrons. The van der Waals surface area contributed by atoms with Gasteiger partial charge in [0.25, 0.3) is 0 Å². The van der Waals surface area contributed by atoms with Crippen molar-refractivity contribution < 1.29 is 9.53 Å². The first kappa shape index (κ1) is 16.6. The van der Waals surface area contributed by atoms with Crippen LogP contribution in [0.1, 0.15) is 17.0 Å². The van der Waals surface area contributed by atoms with E-state index in [1.165, 1.54) is 0 Å². The third-order valence-electron chi connectivity index (χ3n) is 3.61. The van der Waals surface area contributed by atoms with Gasteiger partial charge < -0.3 is 4.74 Å². The fraction of sp³-hybridized carbons (Fsp3) is 0.0500. The zero-order chi connectivity index (χ0) is 16.9. The summed E-state index contributed by atoms with van der Waals surface area (Å²) in [5.74, 6) is -0.626. The molecule has 0 heterocycles. The first-order valence-corrected chi connectivity index (χ1v) is 8.17. The summed E-state index contributed by atoms with van der Waals surface area (Å²) in [6, 6.07) is 23.8. The Balaban J connectivity index is 1.95. The SMILES string of the molecule is O=C(Oc1ccc(Cl)cc1Cl)C(c1ccccc1)c1ccccc1. The van der Waals surface area contributed by atoms with Crippen molar-refractivity contribution >= 4 is 29.2 Å². The Bertz CT molecular complexity index is 793. The van der Waals surface area contributed by atoms with E-state index < -0.39 is 11.9 Å². The van der Waals surface area contributed by atoms with Crippen LogP contribution in [0.25, 0.3) is 0 Å². The van der Waals surface area contributed by atoms with Crippen molar-refractivity contribution in [2.45, 2.75) is 5.92 Å². The molecule has 24 heavy (non-hydrogen) atoms. The summed E-state index contributed by atoms with van der Waals surface area (Å²) in [7, 11) is 0. The Morgan fingerprint density at radius 3 is 1.83 bits per heavy atom. The summed E-state index contributed by atoms with van der Waals surface area (Å²) in [4.78, 5) is 12.8. The summed E-state index contributed by atoms with van der Waals surface area (Å²) < 4.78 is 5.54. The van der Waals surface area contributed by atoms with Crippen molar-refractivity contribution in [2.24, 2.45) is 0 Å². The average molecular weight is 357 g/mol. The second kappa shape index (κ2) is 7.52. The second-order valence-corrected chi connectivity index (χ2v) is 6.09. The Labute approximate surface area is 150 Å². The highest BCUT2D eigenvalue weighted by Crippen LogP contribution is 2.31. The van der Waals surface area contributed by atoms with E-state index in [1.807, 2.05) is 60.7 Å². The molecule has 0 aromatic heterocycles. The minimum absolute atomic E-state index is 0.294. The molecule has 0 unspecified atom stereocenters. The summed E-state index contributed by atoms with van der Waals surface area (Å²) in [5.41, 5.74) is 1.72. The van der Waals surface area contributed by atoms with Crippen LogP contribution in [-0.4, -0.2) is 5.97 Å². The molecule has 0 saturated carbocycles. The molecule has 120 valence electrons. The number of benzene rings is 3. The lowest BCUT2D eigenvalue weighted by Crippen LogP contribution is -2.20. The molecule has 0 saturated heterocycles. The topological polar surface area (TPSA) is 26.3 Å². The molecular weight excluding hydrogens is 343 g/mol. The van der Waals surface area contributed by atoms with Gasteiger partial charge in [-0.05, 0) is 29.3 Å². The third-order valence-corrected chi connectivity index (χ3v) is 4.14. The van der Waals surface area contributed by atoms with E-state index in [2.05, 4.69) is 0 Å². The Morgan fingerprint density at radius 2 is 1.33 bits per heavy atom. The minimum atomic E-state index is -0.529. The van der Waals surface area contributed by atoms with E-state index >= 15 is 0 Å². The van der Waals surface area contributed by atoms with Gasteiger partial charge in [-0.25, -0.2) is 0 Å². The van der Waals surface area contributed by atoms with Crippen molar-refractivity contribution in [1.82, 2.24) is 0 Å². The molecule has 0 aliphatic heterocycles. The maximum Gasteiger partial charge on any atom is 0.323 e. The molecule has 0 aliphatic rings. The predicted octanol–water partition coefficient (Wildman–Crippen LogP) is 5.73. The van der Waals surface area contributed by atoms with E-state index in [0.717, 1.165) is 11.1 Å². The van der Waals surface area contributed by atoms with E-state index in [1.54, 1.807) is 18.2 Å². The fourth-order valence-electron chi connectivity index (χ4n) is 2.48. The van der Waals surface area contributed by atoms with Gasteiger partial charge in [0.05, 0.1) is 5.02 Å². The molecule has 2 nitrogen and oxygen atoms in total. The van der Waals surface area contributed by atoms with Gasteiger partial charge in [-0.15, -0.1) is 0 Å². The Hall–Kier alpha value is -2.29. The number of ether oxygens (including phenoxy) is 1. The van der Waals surface area contributed by atoms with E-state index in [-0.39, 0.29) is 0 Å². The standard InChI is InChI=1S/C20H14Cl2O2/c21-16-11-12-18(17(22)13-16)24-20(23)19(14-7-3-1-4-8-14)15-9-5-2-6-10-15/h1-13,19H. The molecule has 0 spiro atoms. The second-order valence-electron chi connectivity index (χ2n) is 5.25. The van der Waals surface area contributed by atoms with Crippen molar-refractivity contribution in [3.63, 3.8) is 0 Å². The first-order valence-electron chi connectivity index (χ1n) is 7.42. The number of rotatable bonds is 4. The minimum Gasteiger partial charge on any atom is -0.424 e. The van der Waals surface area contributed by atoms with E-state index in [9.17, 15) is 4.79 Å². The molecule has 0 atom stereocenters. The van der Waals surface area contributed by atoms with Crippen molar-refractivity contribution in [2.75, 3.05) is 0 Å². The highest BCUT2D eigenvalue weighted by atomic mass is 35.5. The highest BCUT2D eigenvalue weighted by Gasteiger charge is 2.25. The molecule has 3 aromatic rings. The van der Waals surface area contributed by atoms with Crippen LogP contribution in [0.4, 0.5) is 0 Å². The van der Waals surface area contributed by atoms with Gasteiger partial charge in [0.15, 0.2) is 0 Å². The molecule has 0 bridgehead atoms. The van der Waals surface area contributed by atoms with Crippen LogP contribution in [0.3, 0.4) is 0 Å². The summed E-state index contributed by atoms with van der Waals surface area (Å²) in [6.45, 7) is 0. The zero-order valence-corrected chi connectivity index (χ0v) is 14.2. The average Bonchev–Trinajstić information content (AvgIpc) is 2.60. The van der Waals surface area contributed by atoms with Crippen LogP contribution in [-0.2, 0) is 4.79 Å². The largest absolute Gasteiger partial charge is 0.424 e. The Kier molecular flexibility index (Phi) is 5.19. The maximum absolute atomic E-state index is 12.8. The summed E-state index contributed by atoms with van der Waals surface area (Å²) in [6.07, 6.45) is 0. The fourth-order valence-corrected chi connectivity index (χ4v) is 2.93. The number of esters is 1.